The lowest BCUT2D eigenvalue weighted by Crippen LogP contribution is -2.18. The molecule has 0 aliphatic heterocycles. The number of halogens is 1. The monoisotopic (exact) mass is 365 g/mol. The van der Waals surface area contributed by atoms with Crippen LogP contribution in [0.3, 0.4) is 0 Å². The summed E-state index contributed by atoms with van der Waals surface area (Å²) in [6, 6.07) is 15.0. The van der Waals surface area contributed by atoms with E-state index in [4.69, 9.17) is 4.74 Å². The summed E-state index contributed by atoms with van der Waals surface area (Å²) in [5.41, 5.74) is 1.32. The molecule has 0 fully saturated rings. The van der Waals surface area contributed by atoms with E-state index in [-0.39, 0.29) is 0 Å². The highest BCUT2D eigenvalue weighted by atomic mass is 79.9. The van der Waals surface area contributed by atoms with Crippen LogP contribution in [0.2, 0.25) is 0 Å². The molecule has 0 bridgehead atoms. The predicted molar refractivity (Wildman–Crippen MR) is 93.4 cm³/mol. The molecule has 0 aliphatic rings. The maximum absolute atomic E-state index is 5.21. The van der Waals surface area contributed by atoms with E-state index < -0.39 is 0 Å². The molecule has 0 radical (unpaired) electrons. The fraction of sp³-hybridized carbons (Fsp3) is 0.294. The first-order chi connectivity index (χ1) is 10.1. The fourth-order valence-corrected chi connectivity index (χ4v) is 3.73. The van der Waals surface area contributed by atoms with Gasteiger partial charge >= 0.3 is 0 Å². The average Bonchev–Trinajstić information content (AvgIpc) is 2.48. The van der Waals surface area contributed by atoms with Crippen molar-refractivity contribution in [2.45, 2.75) is 29.7 Å². The van der Waals surface area contributed by atoms with Crippen molar-refractivity contribution in [3.8, 4) is 5.75 Å². The Morgan fingerprint density at radius 3 is 2.52 bits per heavy atom. The van der Waals surface area contributed by atoms with Gasteiger partial charge in [0, 0.05) is 20.3 Å². The molecule has 0 amide bonds. The van der Waals surface area contributed by atoms with Crippen molar-refractivity contribution in [2.75, 3.05) is 13.7 Å². The van der Waals surface area contributed by atoms with E-state index >= 15 is 0 Å². The number of rotatable bonds is 6. The molecule has 0 spiro atoms. The average molecular weight is 366 g/mol. The fourth-order valence-electron chi connectivity index (χ4n) is 2.14. The molecule has 0 saturated heterocycles. The van der Waals surface area contributed by atoms with Crippen molar-refractivity contribution in [3.05, 3.63) is 52.5 Å². The topological polar surface area (TPSA) is 21.3 Å². The Balaban J connectivity index is 2.26. The summed E-state index contributed by atoms with van der Waals surface area (Å²) in [4.78, 5) is 2.47. The molecular formula is C17H20BrNOS. The second kappa shape index (κ2) is 7.87. The van der Waals surface area contributed by atoms with Crippen LogP contribution in [-0.2, 0) is 0 Å². The number of nitrogens with one attached hydrogen (secondary N) is 1. The van der Waals surface area contributed by atoms with Crippen LogP contribution in [-0.4, -0.2) is 13.7 Å². The van der Waals surface area contributed by atoms with Crippen LogP contribution in [0.5, 0.6) is 5.75 Å². The third-order valence-electron chi connectivity index (χ3n) is 3.24. The van der Waals surface area contributed by atoms with Crippen LogP contribution in [0, 0.1) is 0 Å². The molecule has 0 aliphatic carbocycles. The lowest BCUT2D eigenvalue weighted by atomic mass is 10.1. The van der Waals surface area contributed by atoms with Crippen molar-refractivity contribution in [1.82, 2.24) is 5.32 Å². The Hall–Kier alpha value is -0.970. The van der Waals surface area contributed by atoms with Crippen LogP contribution < -0.4 is 10.1 Å². The zero-order chi connectivity index (χ0) is 15.2. The summed E-state index contributed by atoms with van der Waals surface area (Å²) in [5.74, 6) is 0.884. The maximum atomic E-state index is 5.21. The highest BCUT2D eigenvalue weighted by molar-refractivity contribution is 9.10. The molecule has 0 aromatic heterocycles. The Kier molecular flexibility index (Phi) is 6.15. The minimum atomic E-state index is 0.337. The van der Waals surface area contributed by atoms with E-state index in [1.165, 1.54) is 15.4 Å². The van der Waals surface area contributed by atoms with E-state index in [9.17, 15) is 0 Å². The zero-order valence-corrected chi connectivity index (χ0v) is 14.9. The largest absolute Gasteiger partial charge is 0.497 e. The van der Waals surface area contributed by atoms with E-state index in [1.54, 1.807) is 18.9 Å². The maximum Gasteiger partial charge on any atom is 0.118 e. The summed E-state index contributed by atoms with van der Waals surface area (Å²) in [6.45, 7) is 5.29. The van der Waals surface area contributed by atoms with Crippen molar-refractivity contribution < 1.29 is 4.74 Å². The first-order valence-corrected chi connectivity index (χ1v) is 8.59. The van der Waals surface area contributed by atoms with Crippen molar-refractivity contribution >= 4 is 27.7 Å². The predicted octanol–water partition coefficient (Wildman–Crippen LogP) is 5.28. The van der Waals surface area contributed by atoms with Gasteiger partial charge in [0.1, 0.15) is 5.75 Å². The quantitative estimate of drug-likeness (QED) is 0.752. The van der Waals surface area contributed by atoms with Gasteiger partial charge in [-0.2, -0.15) is 0 Å². The molecule has 2 nitrogen and oxygen atoms in total. The third kappa shape index (κ3) is 4.50. The molecule has 2 aromatic rings. The standard InChI is InChI=1S/C17H20BrNOS/c1-4-19-12(2)16-10-5-13(18)11-17(16)21-15-8-6-14(20-3)7-9-15/h5-12,19H,4H2,1-3H3. The molecule has 112 valence electrons. The summed E-state index contributed by atoms with van der Waals surface area (Å²) in [7, 11) is 1.69. The highest BCUT2D eigenvalue weighted by Gasteiger charge is 2.11. The second-order valence-electron chi connectivity index (χ2n) is 4.74. The van der Waals surface area contributed by atoms with Crippen LogP contribution in [0.25, 0.3) is 0 Å². The summed E-state index contributed by atoms with van der Waals surface area (Å²) in [6.07, 6.45) is 0. The van der Waals surface area contributed by atoms with Crippen LogP contribution in [0.1, 0.15) is 25.5 Å². The minimum absolute atomic E-state index is 0.337. The van der Waals surface area contributed by atoms with Crippen molar-refractivity contribution in [2.24, 2.45) is 0 Å². The summed E-state index contributed by atoms with van der Waals surface area (Å²) in [5, 5.41) is 3.48. The van der Waals surface area contributed by atoms with E-state index in [1.807, 2.05) is 12.1 Å². The molecule has 21 heavy (non-hydrogen) atoms. The first kappa shape index (κ1) is 16.4. The molecular weight excluding hydrogens is 346 g/mol. The Morgan fingerprint density at radius 2 is 1.90 bits per heavy atom. The van der Waals surface area contributed by atoms with Crippen molar-refractivity contribution in [3.63, 3.8) is 0 Å². The molecule has 1 atom stereocenters. The van der Waals surface area contributed by atoms with Gasteiger partial charge in [-0.1, -0.05) is 40.7 Å². The van der Waals surface area contributed by atoms with E-state index in [2.05, 4.69) is 65.4 Å². The van der Waals surface area contributed by atoms with Gasteiger partial charge in [-0.15, -0.1) is 0 Å². The number of methoxy groups -OCH3 is 1. The second-order valence-corrected chi connectivity index (χ2v) is 6.77. The summed E-state index contributed by atoms with van der Waals surface area (Å²) >= 11 is 5.34. The number of benzene rings is 2. The van der Waals surface area contributed by atoms with Gasteiger partial charge in [-0.3, -0.25) is 0 Å². The van der Waals surface area contributed by atoms with Gasteiger partial charge in [0.05, 0.1) is 7.11 Å². The lowest BCUT2D eigenvalue weighted by Gasteiger charge is -2.17. The zero-order valence-electron chi connectivity index (χ0n) is 12.5. The Bertz CT molecular complexity index is 586. The smallest absolute Gasteiger partial charge is 0.118 e. The molecule has 0 heterocycles. The molecule has 2 aromatic carbocycles. The normalized spacial score (nSPS) is 12.2. The number of hydrogen-bond donors (Lipinski definition) is 1. The number of ether oxygens (including phenoxy) is 1. The molecule has 0 saturated carbocycles. The van der Waals surface area contributed by atoms with Crippen LogP contribution in [0.15, 0.2) is 56.7 Å². The van der Waals surface area contributed by atoms with E-state index in [0.717, 1.165) is 16.8 Å². The molecule has 1 N–H and O–H groups in total. The summed E-state index contributed by atoms with van der Waals surface area (Å²) < 4.78 is 6.31. The minimum Gasteiger partial charge on any atom is -0.497 e. The Morgan fingerprint density at radius 1 is 1.19 bits per heavy atom. The first-order valence-electron chi connectivity index (χ1n) is 6.98. The van der Waals surface area contributed by atoms with Gasteiger partial charge in [-0.25, -0.2) is 0 Å². The van der Waals surface area contributed by atoms with Crippen LogP contribution in [0.4, 0.5) is 0 Å². The highest BCUT2D eigenvalue weighted by Crippen LogP contribution is 2.35. The van der Waals surface area contributed by atoms with Gasteiger partial charge in [0.2, 0.25) is 0 Å². The van der Waals surface area contributed by atoms with Gasteiger partial charge in [-0.05, 0) is 55.4 Å². The van der Waals surface area contributed by atoms with Gasteiger partial charge in [0.25, 0.3) is 0 Å². The van der Waals surface area contributed by atoms with Gasteiger partial charge < -0.3 is 10.1 Å². The van der Waals surface area contributed by atoms with E-state index in [0.29, 0.717) is 6.04 Å². The molecule has 4 heteroatoms. The number of hydrogen-bond acceptors (Lipinski definition) is 3. The molecule has 2 rings (SSSR count). The third-order valence-corrected chi connectivity index (χ3v) is 4.81. The molecule has 1 unspecified atom stereocenters. The lowest BCUT2D eigenvalue weighted by molar-refractivity contribution is 0.414. The Labute approximate surface area is 139 Å². The SMILES string of the molecule is CCNC(C)c1ccc(Br)cc1Sc1ccc(OC)cc1. The van der Waals surface area contributed by atoms with Gasteiger partial charge in [0.15, 0.2) is 0 Å². The van der Waals surface area contributed by atoms with Crippen molar-refractivity contribution in [1.29, 1.82) is 0 Å². The van der Waals surface area contributed by atoms with Crippen LogP contribution >= 0.6 is 27.7 Å².